The van der Waals surface area contributed by atoms with Crippen molar-refractivity contribution in [2.75, 3.05) is 19.8 Å². The fourth-order valence-corrected chi connectivity index (χ4v) is 7.17. The number of hydrogen-bond acceptors (Lipinski definition) is 3. The molecule has 0 bridgehead atoms. The Balaban J connectivity index is 4.68. The summed E-state index contributed by atoms with van der Waals surface area (Å²) in [4.78, 5) is 0. The SMILES string of the molecule is CCCCCCCCO[Si](CCCCCC)(OCCCCCCCC)OCCCCCCCC. The van der Waals surface area contributed by atoms with Crippen LogP contribution in [-0.4, -0.2) is 28.6 Å². The van der Waals surface area contributed by atoms with Gasteiger partial charge < -0.3 is 13.3 Å². The maximum absolute atomic E-state index is 6.60. The van der Waals surface area contributed by atoms with Crippen LogP contribution in [0, 0.1) is 0 Å². The third-order valence-corrected chi connectivity index (χ3v) is 9.69. The van der Waals surface area contributed by atoms with Gasteiger partial charge in [0, 0.05) is 25.9 Å². The van der Waals surface area contributed by atoms with Crippen LogP contribution in [-0.2, 0) is 13.3 Å². The first-order valence-electron chi connectivity index (χ1n) is 15.7. The van der Waals surface area contributed by atoms with Crippen molar-refractivity contribution >= 4 is 8.80 Å². The van der Waals surface area contributed by atoms with Crippen LogP contribution in [0.4, 0.5) is 0 Å². The summed E-state index contributed by atoms with van der Waals surface area (Å²) in [5.74, 6) is 0. The van der Waals surface area contributed by atoms with E-state index in [-0.39, 0.29) is 0 Å². The lowest BCUT2D eigenvalue weighted by atomic mass is 10.1. The predicted molar refractivity (Wildman–Crippen MR) is 153 cm³/mol. The molecule has 0 aliphatic heterocycles. The first kappa shape index (κ1) is 34.1. The molecule has 0 aromatic heterocycles. The summed E-state index contributed by atoms with van der Waals surface area (Å²) in [6, 6.07) is 1.01. The van der Waals surface area contributed by atoms with Crippen molar-refractivity contribution in [2.45, 2.75) is 175 Å². The summed E-state index contributed by atoms with van der Waals surface area (Å²) in [5.41, 5.74) is 0. The molecule has 34 heavy (non-hydrogen) atoms. The van der Waals surface area contributed by atoms with E-state index in [1.165, 1.54) is 122 Å². The largest absolute Gasteiger partial charge is 0.500 e. The van der Waals surface area contributed by atoms with Crippen LogP contribution in [0.15, 0.2) is 0 Å². The van der Waals surface area contributed by atoms with Gasteiger partial charge in [0.1, 0.15) is 0 Å². The molecule has 0 aromatic carbocycles. The van der Waals surface area contributed by atoms with E-state index >= 15 is 0 Å². The van der Waals surface area contributed by atoms with E-state index in [2.05, 4.69) is 27.7 Å². The van der Waals surface area contributed by atoms with Crippen molar-refractivity contribution in [1.82, 2.24) is 0 Å². The van der Waals surface area contributed by atoms with Crippen molar-refractivity contribution in [3.05, 3.63) is 0 Å². The summed E-state index contributed by atoms with van der Waals surface area (Å²) in [6.07, 6.45) is 28.4. The molecular formula is C30H64O3Si. The second kappa shape index (κ2) is 27.7. The van der Waals surface area contributed by atoms with Crippen molar-refractivity contribution in [2.24, 2.45) is 0 Å². The fraction of sp³-hybridized carbons (Fsp3) is 1.00. The second-order valence-corrected chi connectivity index (χ2v) is 13.1. The van der Waals surface area contributed by atoms with E-state index in [1.807, 2.05) is 0 Å². The van der Waals surface area contributed by atoms with Crippen LogP contribution in [0.2, 0.25) is 6.04 Å². The van der Waals surface area contributed by atoms with E-state index in [9.17, 15) is 0 Å². The summed E-state index contributed by atoms with van der Waals surface area (Å²) in [5, 5.41) is 0. The molecule has 206 valence electrons. The molecule has 0 heterocycles. The molecule has 0 atom stereocenters. The van der Waals surface area contributed by atoms with Crippen LogP contribution in [0.3, 0.4) is 0 Å². The molecule has 4 heteroatoms. The third-order valence-electron chi connectivity index (χ3n) is 6.80. The molecule has 0 aromatic rings. The smallest absolute Gasteiger partial charge is 0.373 e. The van der Waals surface area contributed by atoms with E-state index in [4.69, 9.17) is 13.3 Å². The maximum Gasteiger partial charge on any atom is 0.500 e. The minimum absolute atomic E-state index is 0.819. The second-order valence-electron chi connectivity index (χ2n) is 10.3. The van der Waals surface area contributed by atoms with E-state index < -0.39 is 8.80 Å². The molecule has 0 unspecified atom stereocenters. The van der Waals surface area contributed by atoms with Gasteiger partial charge in [-0.05, 0) is 25.7 Å². The highest BCUT2D eigenvalue weighted by atomic mass is 28.4. The first-order chi connectivity index (χ1) is 16.7. The van der Waals surface area contributed by atoms with Gasteiger partial charge in [0.05, 0.1) is 0 Å². The average Bonchev–Trinajstić information content (AvgIpc) is 2.85. The Bertz CT molecular complexity index is 333. The molecule has 0 aliphatic rings. The molecule has 3 nitrogen and oxygen atoms in total. The summed E-state index contributed by atoms with van der Waals surface area (Å²) < 4.78 is 19.8. The zero-order chi connectivity index (χ0) is 25.0. The van der Waals surface area contributed by atoms with E-state index in [0.29, 0.717) is 0 Å². The molecule has 0 fully saturated rings. The van der Waals surface area contributed by atoms with Gasteiger partial charge in [-0.3, -0.25) is 0 Å². The van der Waals surface area contributed by atoms with Gasteiger partial charge in [0.2, 0.25) is 0 Å². The van der Waals surface area contributed by atoms with Crippen molar-refractivity contribution < 1.29 is 13.3 Å². The molecule has 0 saturated heterocycles. The highest BCUT2D eigenvalue weighted by Crippen LogP contribution is 2.23. The highest BCUT2D eigenvalue weighted by molar-refractivity contribution is 6.60. The minimum atomic E-state index is -2.57. The monoisotopic (exact) mass is 500 g/mol. The van der Waals surface area contributed by atoms with Gasteiger partial charge in [-0.2, -0.15) is 0 Å². The average molecular weight is 501 g/mol. The van der Waals surface area contributed by atoms with Crippen molar-refractivity contribution in [3.63, 3.8) is 0 Å². The normalized spacial score (nSPS) is 12.0. The standard InChI is InChI=1S/C30H64O3Si/c1-5-9-13-17-20-23-27-31-34(30-26-16-12-8-4,32-28-24-21-18-14-10-6-2)33-29-25-22-19-15-11-7-3/h5-30H2,1-4H3. The molecule has 0 saturated carbocycles. The summed E-state index contributed by atoms with van der Waals surface area (Å²) in [7, 11) is -2.57. The van der Waals surface area contributed by atoms with Gasteiger partial charge in [-0.15, -0.1) is 0 Å². The van der Waals surface area contributed by atoms with Crippen LogP contribution in [0.5, 0.6) is 0 Å². The van der Waals surface area contributed by atoms with Gasteiger partial charge >= 0.3 is 8.80 Å². The Morgan fingerprint density at radius 2 is 0.588 bits per heavy atom. The number of unbranched alkanes of at least 4 members (excludes halogenated alkanes) is 18. The van der Waals surface area contributed by atoms with Crippen LogP contribution >= 0.6 is 0 Å². The molecular weight excluding hydrogens is 436 g/mol. The minimum Gasteiger partial charge on any atom is -0.373 e. The van der Waals surface area contributed by atoms with Gasteiger partial charge in [0.15, 0.2) is 0 Å². The van der Waals surface area contributed by atoms with E-state index in [1.54, 1.807) is 0 Å². The summed E-state index contributed by atoms with van der Waals surface area (Å²) in [6.45, 7) is 11.6. The zero-order valence-electron chi connectivity index (χ0n) is 24.1. The molecule has 0 amide bonds. The molecule has 0 aliphatic carbocycles. The Morgan fingerprint density at radius 1 is 0.324 bits per heavy atom. The Labute approximate surface area is 216 Å². The van der Waals surface area contributed by atoms with Crippen LogP contribution in [0.25, 0.3) is 0 Å². The molecule has 0 N–H and O–H groups in total. The maximum atomic E-state index is 6.60. The van der Waals surface area contributed by atoms with Crippen LogP contribution < -0.4 is 0 Å². The van der Waals surface area contributed by atoms with Gasteiger partial charge in [-0.1, -0.05) is 143 Å². The Kier molecular flexibility index (Phi) is 27.8. The topological polar surface area (TPSA) is 27.7 Å². The number of hydrogen-bond donors (Lipinski definition) is 0. The fourth-order valence-electron chi connectivity index (χ4n) is 4.44. The van der Waals surface area contributed by atoms with Gasteiger partial charge in [0.25, 0.3) is 0 Å². The third kappa shape index (κ3) is 22.6. The number of rotatable bonds is 29. The first-order valence-corrected chi connectivity index (χ1v) is 17.6. The van der Waals surface area contributed by atoms with Crippen molar-refractivity contribution in [1.29, 1.82) is 0 Å². The lowest BCUT2D eigenvalue weighted by Gasteiger charge is -2.30. The highest BCUT2D eigenvalue weighted by Gasteiger charge is 2.40. The Morgan fingerprint density at radius 3 is 0.912 bits per heavy atom. The van der Waals surface area contributed by atoms with E-state index in [0.717, 1.165) is 45.1 Å². The Hall–Kier alpha value is 0.0969. The summed E-state index contributed by atoms with van der Waals surface area (Å²) >= 11 is 0. The lowest BCUT2D eigenvalue weighted by Crippen LogP contribution is -2.46. The lowest BCUT2D eigenvalue weighted by molar-refractivity contribution is 0.0546. The van der Waals surface area contributed by atoms with Crippen LogP contribution in [0.1, 0.15) is 169 Å². The predicted octanol–water partition coefficient (Wildman–Crippen LogP) is 10.6. The zero-order valence-corrected chi connectivity index (χ0v) is 25.1. The quantitative estimate of drug-likeness (QED) is 0.0754. The molecule has 0 radical (unpaired) electrons. The molecule has 0 rings (SSSR count). The van der Waals surface area contributed by atoms with Crippen molar-refractivity contribution in [3.8, 4) is 0 Å². The molecule has 0 spiro atoms. The van der Waals surface area contributed by atoms with Gasteiger partial charge in [-0.25, -0.2) is 0 Å².